The largest absolute Gasteiger partial charge is 0.393 e. The maximum atomic E-state index is 9.95. The van der Waals surface area contributed by atoms with Gasteiger partial charge < -0.3 is 9.84 Å². The summed E-state index contributed by atoms with van der Waals surface area (Å²) in [6.07, 6.45) is 11.6. The highest BCUT2D eigenvalue weighted by molar-refractivity contribution is 4.82. The van der Waals surface area contributed by atoms with Gasteiger partial charge in [-0.15, -0.1) is 0 Å². The van der Waals surface area contributed by atoms with Gasteiger partial charge in [0.1, 0.15) is 0 Å². The predicted molar refractivity (Wildman–Crippen MR) is 74.5 cm³/mol. The number of hydrogen-bond acceptors (Lipinski definition) is 2. The van der Waals surface area contributed by atoms with E-state index < -0.39 is 0 Å². The summed E-state index contributed by atoms with van der Waals surface area (Å²) >= 11 is 0. The van der Waals surface area contributed by atoms with Crippen LogP contribution in [0.15, 0.2) is 0 Å². The quantitative estimate of drug-likeness (QED) is 0.768. The molecular weight excluding hydrogens is 224 g/mol. The number of hydrogen-bond donors (Lipinski definition) is 1. The summed E-state index contributed by atoms with van der Waals surface area (Å²) in [7, 11) is 0. The normalized spacial score (nSPS) is 43.8. The summed E-state index contributed by atoms with van der Waals surface area (Å²) in [4.78, 5) is 0. The van der Waals surface area contributed by atoms with Crippen molar-refractivity contribution in [2.24, 2.45) is 11.8 Å². The molecule has 0 bridgehead atoms. The topological polar surface area (TPSA) is 29.5 Å². The van der Waals surface area contributed by atoms with Crippen molar-refractivity contribution in [3.05, 3.63) is 0 Å². The van der Waals surface area contributed by atoms with Crippen molar-refractivity contribution < 1.29 is 9.84 Å². The molecule has 0 aromatic rings. The molecule has 18 heavy (non-hydrogen) atoms. The lowest BCUT2D eigenvalue weighted by Gasteiger charge is -2.37. The first-order chi connectivity index (χ1) is 8.65. The van der Waals surface area contributed by atoms with Crippen LogP contribution in [0.4, 0.5) is 0 Å². The lowest BCUT2D eigenvalue weighted by atomic mass is 9.83. The van der Waals surface area contributed by atoms with Crippen LogP contribution in [0.3, 0.4) is 0 Å². The zero-order chi connectivity index (χ0) is 13.0. The van der Waals surface area contributed by atoms with Crippen LogP contribution in [0.25, 0.3) is 0 Å². The Morgan fingerprint density at radius 3 is 2.33 bits per heavy atom. The van der Waals surface area contributed by atoms with Gasteiger partial charge in [0.05, 0.1) is 18.3 Å². The number of ether oxygens (including phenoxy) is 1. The second-order valence-electron chi connectivity index (χ2n) is 6.70. The van der Waals surface area contributed by atoms with Crippen LogP contribution in [-0.4, -0.2) is 23.4 Å². The van der Waals surface area contributed by atoms with Crippen LogP contribution in [0.2, 0.25) is 0 Å². The van der Waals surface area contributed by atoms with Crippen LogP contribution < -0.4 is 0 Å². The highest BCUT2D eigenvalue weighted by Crippen LogP contribution is 2.34. The first-order valence-electron chi connectivity index (χ1n) is 7.98. The van der Waals surface area contributed by atoms with Crippen LogP contribution in [-0.2, 0) is 4.74 Å². The van der Waals surface area contributed by atoms with Crippen molar-refractivity contribution in [1.29, 1.82) is 0 Å². The van der Waals surface area contributed by atoms with Gasteiger partial charge >= 0.3 is 0 Å². The summed E-state index contributed by atoms with van der Waals surface area (Å²) in [6, 6.07) is 0. The van der Waals surface area contributed by atoms with Gasteiger partial charge in [0.25, 0.3) is 0 Å². The van der Waals surface area contributed by atoms with Gasteiger partial charge in [0.2, 0.25) is 0 Å². The van der Waals surface area contributed by atoms with Gasteiger partial charge in [0, 0.05) is 0 Å². The van der Waals surface area contributed by atoms with Gasteiger partial charge in [-0.2, -0.15) is 0 Å². The molecule has 1 aliphatic heterocycles. The second kappa shape index (κ2) is 6.91. The third kappa shape index (κ3) is 4.24. The third-order valence-corrected chi connectivity index (χ3v) is 4.77. The van der Waals surface area contributed by atoms with Crippen LogP contribution in [0, 0.1) is 11.8 Å². The Labute approximate surface area is 112 Å². The molecule has 1 saturated heterocycles. The van der Waals surface area contributed by atoms with Crippen LogP contribution >= 0.6 is 0 Å². The minimum atomic E-state index is -0.137. The smallest absolute Gasteiger partial charge is 0.0631 e. The Bertz CT molecular complexity index is 231. The Morgan fingerprint density at radius 2 is 1.61 bits per heavy atom. The summed E-state index contributed by atoms with van der Waals surface area (Å²) in [6.45, 7) is 4.49. The van der Waals surface area contributed by atoms with E-state index in [4.69, 9.17) is 4.74 Å². The van der Waals surface area contributed by atoms with Crippen molar-refractivity contribution in [1.82, 2.24) is 0 Å². The lowest BCUT2D eigenvalue weighted by molar-refractivity contribution is -0.114. The Morgan fingerprint density at radius 1 is 0.889 bits per heavy atom. The first kappa shape index (κ1) is 14.3. The second-order valence-corrected chi connectivity index (χ2v) is 6.70. The van der Waals surface area contributed by atoms with Gasteiger partial charge in [0.15, 0.2) is 0 Å². The van der Waals surface area contributed by atoms with Gasteiger partial charge in [-0.3, -0.25) is 0 Å². The SMILES string of the molecule is CC1CCCCCCC(C2C[C@@H](O)C[C@@H](C)O2)C1. The fourth-order valence-corrected chi connectivity index (χ4v) is 3.80. The minimum absolute atomic E-state index is 0.137. The van der Waals surface area contributed by atoms with Crippen LogP contribution in [0.1, 0.15) is 71.6 Å². The Hall–Kier alpha value is -0.0800. The highest BCUT2D eigenvalue weighted by atomic mass is 16.5. The maximum Gasteiger partial charge on any atom is 0.0631 e. The van der Waals surface area contributed by atoms with E-state index in [2.05, 4.69) is 13.8 Å². The molecule has 2 aliphatic rings. The fraction of sp³-hybridized carbons (Fsp3) is 1.00. The Kier molecular flexibility index (Phi) is 5.50. The van der Waals surface area contributed by atoms with Crippen molar-refractivity contribution in [3.8, 4) is 0 Å². The molecule has 2 fully saturated rings. The molecule has 0 radical (unpaired) electrons. The zero-order valence-electron chi connectivity index (χ0n) is 12.1. The average Bonchev–Trinajstić information content (AvgIpc) is 2.40. The molecule has 1 N–H and O–H groups in total. The standard InChI is InChI=1S/C16H30O2/c1-12-7-5-3-4-6-8-14(9-12)16-11-15(17)10-13(2)18-16/h12-17H,3-11H2,1-2H3/t12?,13-,14?,15+,16?/m1/s1. The molecule has 2 nitrogen and oxygen atoms in total. The molecule has 0 amide bonds. The molecular formula is C16H30O2. The molecule has 2 rings (SSSR count). The number of rotatable bonds is 1. The summed E-state index contributed by atoms with van der Waals surface area (Å²) in [5, 5.41) is 9.95. The monoisotopic (exact) mass is 254 g/mol. The van der Waals surface area contributed by atoms with Gasteiger partial charge in [-0.25, -0.2) is 0 Å². The lowest BCUT2D eigenvalue weighted by Crippen LogP contribution is -2.39. The van der Waals surface area contributed by atoms with E-state index in [0.29, 0.717) is 12.0 Å². The molecule has 1 saturated carbocycles. The van der Waals surface area contributed by atoms with Gasteiger partial charge in [-0.1, -0.05) is 39.0 Å². The molecule has 1 heterocycles. The predicted octanol–water partition coefficient (Wildman–Crippen LogP) is 3.91. The first-order valence-corrected chi connectivity index (χ1v) is 7.98. The zero-order valence-corrected chi connectivity index (χ0v) is 12.1. The highest BCUT2D eigenvalue weighted by Gasteiger charge is 2.32. The van der Waals surface area contributed by atoms with Crippen molar-refractivity contribution in [3.63, 3.8) is 0 Å². The molecule has 0 spiro atoms. The number of aliphatic hydroxyl groups excluding tert-OH is 1. The summed E-state index contributed by atoms with van der Waals surface area (Å²) in [5.41, 5.74) is 0. The third-order valence-electron chi connectivity index (χ3n) is 4.77. The van der Waals surface area contributed by atoms with Gasteiger partial charge in [-0.05, 0) is 44.4 Å². The maximum absolute atomic E-state index is 9.95. The molecule has 5 atom stereocenters. The molecule has 106 valence electrons. The van der Waals surface area contributed by atoms with Crippen LogP contribution in [0.5, 0.6) is 0 Å². The molecule has 3 unspecified atom stereocenters. The molecule has 2 heteroatoms. The van der Waals surface area contributed by atoms with Crippen molar-refractivity contribution >= 4 is 0 Å². The molecule has 1 aliphatic carbocycles. The van der Waals surface area contributed by atoms with E-state index in [1.165, 1.54) is 44.9 Å². The average molecular weight is 254 g/mol. The van der Waals surface area contributed by atoms with E-state index >= 15 is 0 Å². The number of aliphatic hydroxyl groups is 1. The Balaban J connectivity index is 1.94. The van der Waals surface area contributed by atoms with E-state index in [1.54, 1.807) is 0 Å². The summed E-state index contributed by atoms with van der Waals surface area (Å²) in [5.74, 6) is 1.50. The molecule has 0 aromatic carbocycles. The minimum Gasteiger partial charge on any atom is -0.393 e. The fourth-order valence-electron chi connectivity index (χ4n) is 3.80. The van der Waals surface area contributed by atoms with E-state index in [1.807, 2.05) is 0 Å². The molecule has 0 aromatic heterocycles. The van der Waals surface area contributed by atoms with Crippen molar-refractivity contribution in [2.75, 3.05) is 0 Å². The van der Waals surface area contributed by atoms with E-state index in [0.717, 1.165) is 18.8 Å². The van der Waals surface area contributed by atoms with E-state index in [-0.39, 0.29) is 12.2 Å². The van der Waals surface area contributed by atoms with E-state index in [9.17, 15) is 5.11 Å². The van der Waals surface area contributed by atoms with Crippen molar-refractivity contribution in [2.45, 2.75) is 89.9 Å². The summed E-state index contributed by atoms with van der Waals surface area (Å²) < 4.78 is 6.12.